The fourth-order valence-corrected chi connectivity index (χ4v) is 3.89. The molecule has 0 unspecified atom stereocenters. The molecule has 4 heterocycles. The minimum Gasteiger partial charge on any atom is -0.282 e. The molecule has 9 heteroatoms. The van der Waals surface area contributed by atoms with Crippen molar-refractivity contribution >= 4 is 0 Å². The van der Waals surface area contributed by atoms with Crippen molar-refractivity contribution in [3.8, 4) is 0 Å². The minimum atomic E-state index is -4.94. The molecule has 4 aliphatic rings. The lowest BCUT2D eigenvalue weighted by molar-refractivity contribution is -2.00. The highest BCUT2D eigenvalue weighted by molar-refractivity contribution is 5.20. The maximum absolute atomic E-state index is 8.49. The molecule has 1 aromatic carbocycles. The van der Waals surface area contributed by atoms with Gasteiger partial charge in [0.15, 0.2) is 0 Å². The number of halogens is 1. The van der Waals surface area contributed by atoms with Crippen molar-refractivity contribution in [2.45, 2.75) is 13.5 Å². The van der Waals surface area contributed by atoms with Crippen LogP contribution in [-0.4, -0.2) is 59.2 Å². The van der Waals surface area contributed by atoms with E-state index >= 15 is 0 Å². The van der Waals surface area contributed by atoms with E-state index in [1.54, 1.807) is 0 Å². The molecule has 0 radical (unpaired) electrons. The fraction of sp³-hybridized carbons (Fsp3) is 0.571. The van der Waals surface area contributed by atoms with Crippen molar-refractivity contribution in [2.75, 3.05) is 40.0 Å². The average molecular weight is 345 g/mol. The Balaban J connectivity index is 0.000000276. The van der Waals surface area contributed by atoms with Gasteiger partial charge in [-0.2, -0.15) is 0 Å². The van der Waals surface area contributed by atoms with E-state index in [9.17, 15) is 0 Å². The summed E-state index contributed by atoms with van der Waals surface area (Å²) in [5.74, 6) is 0. The summed E-state index contributed by atoms with van der Waals surface area (Å²) in [5, 5.41) is 0. The Hall–Kier alpha value is -0.810. The molecule has 4 saturated heterocycles. The zero-order valence-electron chi connectivity index (χ0n) is 13.1. The van der Waals surface area contributed by atoms with Gasteiger partial charge in [-0.1, -0.05) is 29.8 Å². The molecule has 4 fully saturated rings. The second kappa shape index (κ2) is 6.25. The summed E-state index contributed by atoms with van der Waals surface area (Å²) in [4.78, 5) is 7.72. The zero-order chi connectivity index (χ0) is 16.7. The molecule has 1 aromatic rings. The molecular weight excluding hydrogens is 324 g/mol. The maximum atomic E-state index is 8.49. The largest absolute Gasteiger partial charge is 0.282 e. The van der Waals surface area contributed by atoms with Crippen molar-refractivity contribution in [3.63, 3.8) is 0 Å². The third-order valence-electron chi connectivity index (χ3n) is 4.34. The third kappa shape index (κ3) is 4.60. The van der Waals surface area contributed by atoms with Crippen LogP contribution < -0.4 is 18.6 Å². The standard InChI is InChI=1S/C14H21N4.ClHO4/c1-13-2-4-14(5-3-13)6-18-10-15-7-16(11-18)9-17(8-15)12-18;2-1(3,4)5/h2-5H,6-12H2,1H3;(H,2,3,4,5)/q+1;/p-1. The Bertz CT molecular complexity index is 507. The molecular formula is C14H21ClN4O4. The molecule has 23 heavy (non-hydrogen) atoms. The highest BCUT2D eigenvalue weighted by Gasteiger charge is 2.48. The normalized spacial score (nSPS) is 34.9. The van der Waals surface area contributed by atoms with E-state index in [4.69, 9.17) is 18.6 Å². The first kappa shape index (κ1) is 17.0. The lowest BCUT2D eigenvalue weighted by Crippen LogP contribution is -2.78. The predicted molar refractivity (Wildman–Crippen MR) is 69.9 cm³/mol. The average Bonchev–Trinajstić information content (AvgIpc) is 2.37. The topological polar surface area (TPSA) is 102 Å². The highest BCUT2D eigenvalue weighted by atomic mass is 35.7. The van der Waals surface area contributed by atoms with Gasteiger partial charge >= 0.3 is 0 Å². The summed E-state index contributed by atoms with van der Waals surface area (Å²) in [6.45, 7) is 10.5. The van der Waals surface area contributed by atoms with Crippen LogP contribution in [0.2, 0.25) is 0 Å². The Morgan fingerprint density at radius 1 is 0.870 bits per heavy atom. The summed E-state index contributed by atoms with van der Waals surface area (Å²) in [6.07, 6.45) is 0. The quantitative estimate of drug-likeness (QED) is 0.508. The molecule has 0 aliphatic carbocycles. The Labute approximate surface area is 137 Å². The van der Waals surface area contributed by atoms with Crippen LogP contribution in [0.4, 0.5) is 0 Å². The molecule has 0 saturated carbocycles. The Kier molecular flexibility index (Phi) is 4.62. The summed E-state index contributed by atoms with van der Waals surface area (Å²) in [5.41, 5.74) is 2.83. The smallest absolute Gasteiger partial charge is 0.139 e. The van der Waals surface area contributed by atoms with E-state index in [0.717, 1.165) is 0 Å². The van der Waals surface area contributed by atoms with Crippen LogP contribution in [0, 0.1) is 17.2 Å². The number of nitrogens with zero attached hydrogens (tertiary/aromatic N) is 4. The van der Waals surface area contributed by atoms with Gasteiger partial charge in [-0.3, -0.25) is 4.48 Å². The first-order valence-electron chi connectivity index (χ1n) is 7.40. The summed E-state index contributed by atoms with van der Waals surface area (Å²) < 4.78 is 35.2. The van der Waals surface area contributed by atoms with E-state index in [-0.39, 0.29) is 0 Å². The van der Waals surface area contributed by atoms with Crippen molar-refractivity contribution < 1.29 is 33.4 Å². The Morgan fingerprint density at radius 3 is 1.65 bits per heavy atom. The van der Waals surface area contributed by atoms with Crippen LogP contribution in [0.3, 0.4) is 0 Å². The van der Waals surface area contributed by atoms with Crippen LogP contribution in [-0.2, 0) is 6.54 Å². The Morgan fingerprint density at radius 2 is 1.26 bits per heavy atom. The molecule has 0 N–H and O–H groups in total. The molecule has 4 aliphatic heterocycles. The van der Waals surface area contributed by atoms with Crippen LogP contribution in [0.1, 0.15) is 11.1 Å². The van der Waals surface area contributed by atoms with Gasteiger partial charge < -0.3 is 0 Å². The molecule has 0 spiro atoms. The van der Waals surface area contributed by atoms with Gasteiger partial charge in [0.25, 0.3) is 0 Å². The zero-order valence-corrected chi connectivity index (χ0v) is 13.8. The first-order valence-corrected chi connectivity index (χ1v) is 8.64. The molecule has 0 aromatic heterocycles. The van der Waals surface area contributed by atoms with Gasteiger partial charge in [-0.15, -0.1) is 10.2 Å². The van der Waals surface area contributed by atoms with E-state index in [0.29, 0.717) is 0 Å². The van der Waals surface area contributed by atoms with Gasteiger partial charge in [0.2, 0.25) is 0 Å². The van der Waals surface area contributed by atoms with Gasteiger partial charge in [-0.05, 0) is 6.92 Å². The SMILES string of the molecule is Cc1ccc(C[N+]23CN4CN(CN(C4)C2)C3)cc1.[O-][Cl+3]([O-])([O-])[O-]. The first-order chi connectivity index (χ1) is 10.7. The molecule has 128 valence electrons. The number of hydrogen-bond acceptors (Lipinski definition) is 7. The summed E-state index contributed by atoms with van der Waals surface area (Å²) >= 11 is 0. The number of benzene rings is 1. The van der Waals surface area contributed by atoms with E-state index in [2.05, 4.69) is 45.9 Å². The molecule has 5 rings (SSSR count). The van der Waals surface area contributed by atoms with Crippen LogP contribution in [0.25, 0.3) is 0 Å². The van der Waals surface area contributed by atoms with Crippen molar-refractivity contribution in [3.05, 3.63) is 35.4 Å². The third-order valence-corrected chi connectivity index (χ3v) is 4.34. The lowest BCUT2D eigenvalue weighted by Gasteiger charge is -2.60. The van der Waals surface area contributed by atoms with Crippen LogP contribution in [0.5, 0.6) is 0 Å². The van der Waals surface area contributed by atoms with E-state index < -0.39 is 10.2 Å². The minimum absolute atomic E-state index is 1.17. The number of aryl methyl sites for hydroxylation is 1. The van der Waals surface area contributed by atoms with Crippen LogP contribution >= 0.6 is 0 Å². The fourth-order valence-electron chi connectivity index (χ4n) is 3.89. The van der Waals surface area contributed by atoms with Gasteiger partial charge in [0.05, 0.1) is 20.0 Å². The molecule has 8 nitrogen and oxygen atoms in total. The second-order valence-electron chi connectivity index (χ2n) is 6.72. The number of hydrogen-bond donors (Lipinski definition) is 0. The van der Waals surface area contributed by atoms with Crippen molar-refractivity contribution in [1.29, 1.82) is 0 Å². The van der Waals surface area contributed by atoms with E-state index in [1.807, 2.05) is 0 Å². The monoisotopic (exact) mass is 344 g/mol. The van der Waals surface area contributed by atoms with E-state index in [1.165, 1.54) is 62.2 Å². The number of quaternary nitrogens is 1. The van der Waals surface area contributed by atoms with Gasteiger partial charge in [-0.25, -0.2) is 33.3 Å². The molecule has 0 atom stereocenters. The summed E-state index contributed by atoms with van der Waals surface area (Å²) in [6, 6.07) is 9.07. The molecule has 4 bridgehead atoms. The predicted octanol–water partition coefficient (Wildman–Crippen LogP) is -3.75. The van der Waals surface area contributed by atoms with Gasteiger partial charge in [0.1, 0.15) is 26.6 Å². The second-order valence-corrected chi connectivity index (χ2v) is 7.48. The van der Waals surface area contributed by atoms with Crippen molar-refractivity contribution in [1.82, 2.24) is 14.7 Å². The maximum Gasteiger partial charge on any atom is 0.139 e. The van der Waals surface area contributed by atoms with Gasteiger partial charge in [0, 0.05) is 5.56 Å². The number of rotatable bonds is 2. The summed E-state index contributed by atoms with van der Waals surface area (Å²) in [7, 11) is -4.94. The molecule has 0 amide bonds. The lowest BCUT2D eigenvalue weighted by atomic mass is 10.1. The van der Waals surface area contributed by atoms with Crippen molar-refractivity contribution in [2.24, 2.45) is 0 Å². The van der Waals surface area contributed by atoms with Crippen LogP contribution in [0.15, 0.2) is 24.3 Å². The highest BCUT2D eigenvalue weighted by Crippen LogP contribution is 2.30.